The Balaban J connectivity index is 2.16. The van der Waals surface area contributed by atoms with E-state index in [-0.39, 0.29) is 11.9 Å². The highest BCUT2D eigenvalue weighted by Crippen LogP contribution is 2.37. The Morgan fingerprint density at radius 1 is 1.39 bits per heavy atom. The van der Waals surface area contributed by atoms with Crippen LogP contribution in [0.3, 0.4) is 0 Å². The average molecular weight is 247 g/mol. The molecule has 0 saturated carbocycles. The number of benzene rings is 1. The molecule has 1 heterocycles. The van der Waals surface area contributed by atoms with Crippen LogP contribution >= 0.6 is 0 Å². The van der Waals surface area contributed by atoms with Crippen molar-refractivity contribution in [2.45, 2.75) is 45.1 Å². The zero-order chi connectivity index (χ0) is 13.0. The minimum Gasteiger partial charge on any atom is -0.466 e. The number of carbonyl (C=O) groups is 1. The summed E-state index contributed by atoms with van der Waals surface area (Å²) in [5.41, 5.74) is 2.42. The number of carbonyl (C=O) groups excluding carboxylic acids is 1. The van der Waals surface area contributed by atoms with Crippen molar-refractivity contribution >= 4 is 11.7 Å². The van der Waals surface area contributed by atoms with Crippen LogP contribution in [-0.4, -0.2) is 18.6 Å². The number of anilines is 1. The normalized spacial score (nSPS) is 21.9. The van der Waals surface area contributed by atoms with Gasteiger partial charge in [-0.3, -0.25) is 4.79 Å². The number of para-hydroxylation sites is 1. The highest BCUT2D eigenvalue weighted by atomic mass is 16.5. The number of ether oxygens (including phenoxy) is 1. The Morgan fingerprint density at radius 2 is 2.17 bits per heavy atom. The molecule has 1 aliphatic heterocycles. The fourth-order valence-electron chi connectivity index (χ4n) is 2.62. The molecule has 2 rings (SSSR count). The maximum atomic E-state index is 11.7. The number of nitrogens with one attached hydrogen (secondary N) is 1. The summed E-state index contributed by atoms with van der Waals surface area (Å²) in [6, 6.07) is 8.73. The van der Waals surface area contributed by atoms with E-state index in [4.69, 9.17) is 4.74 Å². The van der Waals surface area contributed by atoms with Crippen molar-refractivity contribution in [3.05, 3.63) is 29.8 Å². The largest absolute Gasteiger partial charge is 0.466 e. The van der Waals surface area contributed by atoms with Gasteiger partial charge in [-0.15, -0.1) is 0 Å². The summed E-state index contributed by atoms with van der Waals surface area (Å²) in [5.74, 6) is 0.195. The summed E-state index contributed by atoms with van der Waals surface area (Å²) < 4.78 is 5.07. The van der Waals surface area contributed by atoms with Gasteiger partial charge in [0.15, 0.2) is 0 Å². The number of fused-ring (bicyclic) bond motifs is 1. The van der Waals surface area contributed by atoms with Crippen molar-refractivity contribution in [3.8, 4) is 0 Å². The molecule has 1 aromatic carbocycles. The lowest BCUT2D eigenvalue weighted by Gasteiger charge is -2.32. The number of hydrogen-bond donors (Lipinski definition) is 1. The molecule has 1 aliphatic rings. The van der Waals surface area contributed by atoms with E-state index in [9.17, 15) is 4.79 Å². The van der Waals surface area contributed by atoms with Crippen molar-refractivity contribution in [1.82, 2.24) is 0 Å². The Kier molecular flexibility index (Phi) is 4.24. The molecule has 3 heteroatoms. The van der Waals surface area contributed by atoms with Gasteiger partial charge >= 0.3 is 5.97 Å². The molecule has 18 heavy (non-hydrogen) atoms. The third-order valence-electron chi connectivity index (χ3n) is 3.54. The minimum absolute atomic E-state index is 0.0888. The third kappa shape index (κ3) is 2.84. The quantitative estimate of drug-likeness (QED) is 0.829. The maximum absolute atomic E-state index is 11.7. The molecular weight excluding hydrogens is 226 g/mol. The van der Waals surface area contributed by atoms with E-state index in [1.165, 1.54) is 11.3 Å². The van der Waals surface area contributed by atoms with Gasteiger partial charge in [0.05, 0.1) is 13.0 Å². The van der Waals surface area contributed by atoms with Crippen molar-refractivity contribution in [2.75, 3.05) is 11.9 Å². The van der Waals surface area contributed by atoms with Crippen LogP contribution in [0.25, 0.3) is 0 Å². The Labute approximate surface area is 109 Å². The van der Waals surface area contributed by atoms with E-state index in [1.54, 1.807) is 0 Å². The Morgan fingerprint density at radius 3 is 2.89 bits per heavy atom. The Bertz CT molecular complexity index is 417. The molecule has 98 valence electrons. The van der Waals surface area contributed by atoms with E-state index in [0.29, 0.717) is 19.1 Å². The molecule has 2 atom stereocenters. The van der Waals surface area contributed by atoms with Crippen LogP contribution in [0.4, 0.5) is 5.69 Å². The number of rotatable bonds is 4. The molecule has 1 N–H and O–H groups in total. The molecular formula is C15H21NO2. The highest BCUT2D eigenvalue weighted by Gasteiger charge is 2.27. The molecule has 0 saturated heterocycles. The van der Waals surface area contributed by atoms with Crippen LogP contribution in [0.15, 0.2) is 24.3 Å². The zero-order valence-electron chi connectivity index (χ0n) is 11.1. The minimum atomic E-state index is -0.0888. The van der Waals surface area contributed by atoms with Gasteiger partial charge in [-0.2, -0.15) is 0 Å². The maximum Gasteiger partial charge on any atom is 0.306 e. The second-order valence-electron chi connectivity index (χ2n) is 4.78. The fourth-order valence-corrected chi connectivity index (χ4v) is 2.62. The molecule has 0 amide bonds. The molecule has 0 radical (unpaired) electrons. The van der Waals surface area contributed by atoms with E-state index < -0.39 is 0 Å². The van der Waals surface area contributed by atoms with Gasteiger partial charge in [0.25, 0.3) is 0 Å². The summed E-state index contributed by atoms with van der Waals surface area (Å²) in [4.78, 5) is 11.7. The molecule has 2 unspecified atom stereocenters. The lowest BCUT2D eigenvalue weighted by Crippen LogP contribution is -2.28. The van der Waals surface area contributed by atoms with Crippen molar-refractivity contribution in [2.24, 2.45) is 0 Å². The lowest BCUT2D eigenvalue weighted by atomic mass is 9.84. The van der Waals surface area contributed by atoms with Crippen molar-refractivity contribution in [1.29, 1.82) is 0 Å². The van der Waals surface area contributed by atoms with Gasteiger partial charge < -0.3 is 10.1 Å². The molecule has 1 aromatic rings. The summed E-state index contributed by atoms with van der Waals surface area (Å²) in [6.45, 7) is 4.48. The molecule has 0 bridgehead atoms. The van der Waals surface area contributed by atoms with Crippen LogP contribution in [0.5, 0.6) is 0 Å². The van der Waals surface area contributed by atoms with Gasteiger partial charge in [-0.25, -0.2) is 0 Å². The zero-order valence-corrected chi connectivity index (χ0v) is 11.1. The second kappa shape index (κ2) is 5.89. The third-order valence-corrected chi connectivity index (χ3v) is 3.54. The predicted molar refractivity (Wildman–Crippen MR) is 72.8 cm³/mol. The number of esters is 1. The van der Waals surface area contributed by atoms with Crippen LogP contribution in [-0.2, 0) is 9.53 Å². The monoisotopic (exact) mass is 247 g/mol. The molecule has 3 nitrogen and oxygen atoms in total. The van der Waals surface area contributed by atoms with Crippen LogP contribution < -0.4 is 5.32 Å². The van der Waals surface area contributed by atoms with E-state index in [1.807, 2.05) is 19.1 Å². The first-order chi connectivity index (χ1) is 8.74. The topological polar surface area (TPSA) is 38.3 Å². The van der Waals surface area contributed by atoms with Crippen LogP contribution in [0.1, 0.15) is 44.6 Å². The van der Waals surface area contributed by atoms with Crippen molar-refractivity contribution < 1.29 is 9.53 Å². The van der Waals surface area contributed by atoms with E-state index >= 15 is 0 Å². The van der Waals surface area contributed by atoms with E-state index in [0.717, 1.165) is 12.8 Å². The fraction of sp³-hybridized carbons (Fsp3) is 0.533. The van der Waals surface area contributed by atoms with Gasteiger partial charge in [-0.05, 0) is 37.3 Å². The lowest BCUT2D eigenvalue weighted by molar-refractivity contribution is -0.143. The summed E-state index contributed by atoms with van der Waals surface area (Å²) in [6.07, 6.45) is 2.57. The first kappa shape index (κ1) is 12.9. The summed E-state index contributed by atoms with van der Waals surface area (Å²) in [7, 11) is 0. The molecule has 0 spiro atoms. The standard InChI is InChI=1S/C15H21NO2/c1-3-12-9-11(10-15(17)18-4-2)13-7-5-6-8-14(13)16-12/h5-8,11-12,16H,3-4,9-10H2,1-2H3. The molecule has 0 fully saturated rings. The van der Waals surface area contributed by atoms with Crippen molar-refractivity contribution in [3.63, 3.8) is 0 Å². The first-order valence-corrected chi connectivity index (χ1v) is 6.75. The van der Waals surface area contributed by atoms with Gasteiger partial charge in [0, 0.05) is 11.7 Å². The molecule has 0 aromatic heterocycles. The predicted octanol–water partition coefficient (Wildman–Crippen LogP) is 3.32. The smallest absolute Gasteiger partial charge is 0.306 e. The van der Waals surface area contributed by atoms with Crippen LogP contribution in [0.2, 0.25) is 0 Å². The van der Waals surface area contributed by atoms with Gasteiger partial charge in [0.1, 0.15) is 0 Å². The SMILES string of the molecule is CCOC(=O)CC1CC(CC)Nc2ccccc21. The summed E-state index contributed by atoms with van der Waals surface area (Å²) in [5, 5.41) is 3.53. The average Bonchev–Trinajstić information content (AvgIpc) is 2.38. The second-order valence-corrected chi connectivity index (χ2v) is 4.78. The highest BCUT2D eigenvalue weighted by molar-refractivity contribution is 5.71. The van der Waals surface area contributed by atoms with Crippen LogP contribution in [0, 0.1) is 0 Å². The van der Waals surface area contributed by atoms with Gasteiger partial charge in [0.2, 0.25) is 0 Å². The summed E-state index contributed by atoms with van der Waals surface area (Å²) >= 11 is 0. The number of hydrogen-bond acceptors (Lipinski definition) is 3. The Hall–Kier alpha value is -1.51. The molecule has 0 aliphatic carbocycles. The first-order valence-electron chi connectivity index (χ1n) is 6.75. The van der Waals surface area contributed by atoms with Gasteiger partial charge in [-0.1, -0.05) is 25.1 Å². The van der Waals surface area contributed by atoms with E-state index in [2.05, 4.69) is 24.4 Å².